The average Bonchev–Trinajstić information content (AvgIpc) is 2.33. The molecule has 3 aliphatic heterocycles. The van der Waals surface area contributed by atoms with Gasteiger partial charge < -0.3 is 0 Å². The first-order valence-corrected chi connectivity index (χ1v) is 21.9. The van der Waals surface area contributed by atoms with Crippen molar-refractivity contribution in [1.29, 1.82) is 0 Å². The summed E-state index contributed by atoms with van der Waals surface area (Å²) in [6.45, 7) is 45.5. The van der Waals surface area contributed by atoms with Crippen LogP contribution in [0.15, 0.2) is 21.5 Å². The summed E-state index contributed by atoms with van der Waals surface area (Å²) in [6, 6.07) is 0. The van der Waals surface area contributed by atoms with Gasteiger partial charge in [0.25, 0.3) is 0 Å². The van der Waals surface area contributed by atoms with Gasteiger partial charge in [-0.1, -0.05) is 146 Å². The van der Waals surface area contributed by atoms with Crippen LogP contribution in [0.4, 0.5) is 0 Å². The Morgan fingerprint density at radius 3 is 0.824 bits per heavy atom. The standard InChI is InChI=1S/C30H54Br2Si2/c1-23(2,3)19-21(25(7,8)9)33-22(26(10,11)12)20(24(4,5)6)30(33,28(16,17)18)34(31,32)29(19,33)27(13,14)15/h1-18H3. The van der Waals surface area contributed by atoms with Crippen molar-refractivity contribution in [2.75, 3.05) is 0 Å². The molecule has 0 aliphatic carbocycles. The summed E-state index contributed by atoms with van der Waals surface area (Å²) in [5.74, 6) is 0. The third kappa shape index (κ3) is 2.72. The Kier molecular flexibility index (Phi) is 5.97. The zero-order valence-corrected chi connectivity index (χ0v) is 30.9. The molecule has 0 N–H and O–H groups in total. The monoisotopic (exact) mass is 628 g/mol. The second-order valence-corrected chi connectivity index (χ2v) is 35.8. The minimum Gasteiger partial charge on any atom is -0.110 e. The van der Waals surface area contributed by atoms with E-state index in [-0.39, 0.29) is 41.8 Å². The third-order valence-corrected chi connectivity index (χ3v) is 37.0. The van der Waals surface area contributed by atoms with Gasteiger partial charge >= 0.3 is 0 Å². The lowest BCUT2D eigenvalue weighted by Gasteiger charge is -2.96. The minimum atomic E-state index is -2.21. The normalized spacial score (nSPS) is 34.2. The number of rotatable bonds is 0. The first kappa shape index (κ1) is 29.4. The third-order valence-electron chi connectivity index (χ3n) is 9.32. The Bertz CT molecular complexity index is 905. The summed E-state index contributed by atoms with van der Waals surface area (Å²) in [5, 5.41) is 1.59. The Balaban J connectivity index is 2.80. The molecule has 34 heavy (non-hydrogen) atoms. The number of allylic oxidation sites excluding steroid dienone is 4. The molecular formula is C30H54Br2Si2. The second kappa shape index (κ2) is 6.89. The topological polar surface area (TPSA) is 0 Å². The molecule has 3 heterocycles. The molecule has 1 saturated heterocycles. The summed E-state index contributed by atoms with van der Waals surface area (Å²) in [5.41, 5.74) is 4.63. The van der Waals surface area contributed by atoms with Gasteiger partial charge in [0.2, 0.25) is 5.31 Å². The molecule has 3 aliphatic rings. The molecule has 2 unspecified atom stereocenters. The van der Waals surface area contributed by atoms with E-state index in [1.165, 1.54) is 0 Å². The first-order valence-electron chi connectivity index (χ1n) is 13.4. The molecule has 2 atom stereocenters. The fraction of sp³-hybridized carbons (Fsp3) is 0.867. The van der Waals surface area contributed by atoms with E-state index in [1.807, 2.05) is 21.5 Å². The second-order valence-electron chi connectivity index (χ2n) is 17.8. The average molecular weight is 631 g/mol. The molecule has 0 amide bonds. The van der Waals surface area contributed by atoms with Gasteiger partial charge in [0.15, 0.2) is 0 Å². The van der Waals surface area contributed by atoms with Crippen LogP contribution in [-0.4, -0.2) is 13.4 Å². The predicted molar refractivity (Wildman–Crippen MR) is 166 cm³/mol. The van der Waals surface area contributed by atoms with Crippen LogP contribution < -0.4 is 0 Å². The van der Waals surface area contributed by atoms with Crippen molar-refractivity contribution >= 4 is 44.0 Å². The summed E-state index contributed by atoms with van der Waals surface area (Å²) < 4.78 is 0.497. The molecule has 0 aromatic heterocycles. The van der Waals surface area contributed by atoms with Crippen LogP contribution in [-0.2, 0) is 0 Å². The zero-order valence-electron chi connectivity index (χ0n) is 25.8. The molecular weight excluding hydrogens is 576 g/mol. The SMILES string of the molecule is CC(C)(C)C1=C(C(C)(C)C)[Si]23C(C(C)(C)C)=C(C(C)(C)C)C2(C(C)(C)C)[Si](Br)(Br)C13C(C)(C)C. The molecule has 1 fully saturated rings. The quantitative estimate of drug-likeness (QED) is 0.185. The summed E-state index contributed by atoms with van der Waals surface area (Å²) in [7, 11) is -2.15. The summed E-state index contributed by atoms with van der Waals surface area (Å²) in [6.07, 6.45) is 0. The molecule has 0 saturated carbocycles. The van der Waals surface area contributed by atoms with E-state index in [2.05, 4.69) is 125 Å². The van der Waals surface area contributed by atoms with Crippen molar-refractivity contribution in [2.24, 2.45) is 32.5 Å². The minimum absolute atomic E-state index is 0.151. The lowest BCUT2D eigenvalue weighted by molar-refractivity contribution is 0.192. The first-order chi connectivity index (χ1) is 14.5. The zero-order chi connectivity index (χ0) is 27.3. The van der Waals surface area contributed by atoms with Gasteiger partial charge in [-0.25, -0.2) is 0 Å². The van der Waals surface area contributed by atoms with Gasteiger partial charge in [-0.2, -0.15) is 0 Å². The predicted octanol–water partition coefficient (Wildman–Crippen LogP) is 11.2. The van der Waals surface area contributed by atoms with Crippen molar-refractivity contribution in [3.63, 3.8) is 0 Å². The fourth-order valence-corrected chi connectivity index (χ4v) is 51.0. The Morgan fingerprint density at radius 2 is 0.676 bits per heavy atom. The Hall–Kier alpha value is 0.874. The largest absolute Gasteiger partial charge is 0.218 e. The fourth-order valence-electron chi connectivity index (χ4n) is 9.73. The highest BCUT2D eigenvalue weighted by Crippen LogP contribution is 3.04. The van der Waals surface area contributed by atoms with Crippen molar-refractivity contribution < 1.29 is 0 Å². The Labute approximate surface area is 230 Å². The maximum absolute atomic E-state index is 4.74. The van der Waals surface area contributed by atoms with Crippen molar-refractivity contribution in [3.05, 3.63) is 21.5 Å². The molecule has 1 spiro atoms. The Morgan fingerprint density at radius 1 is 0.441 bits per heavy atom. The highest BCUT2D eigenvalue weighted by molar-refractivity contribution is 9.51. The van der Waals surface area contributed by atoms with Crippen LogP contribution in [0.25, 0.3) is 0 Å². The van der Waals surface area contributed by atoms with Gasteiger partial charge in [-0.3, -0.25) is 0 Å². The number of hydrogen-bond acceptors (Lipinski definition) is 0. The maximum atomic E-state index is 4.74. The smallest absolute Gasteiger partial charge is 0.110 e. The van der Waals surface area contributed by atoms with E-state index in [0.717, 1.165) is 0 Å². The molecule has 0 bridgehead atoms. The molecule has 4 heteroatoms. The molecule has 196 valence electrons. The lowest BCUT2D eigenvalue weighted by atomic mass is 9.68. The van der Waals surface area contributed by atoms with Gasteiger partial charge in [-0.05, 0) is 32.5 Å². The molecule has 0 aromatic rings. The van der Waals surface area contributed by atoms with Crippen LogP contribution >= 0.6 is 30.6 Å². The molecule has 0 aromatic carbocycles. The van der Waals surface area contributed by atoms with Crippen LogP contribution in [0.3, 0.4) is 0 Å². The summed E-state index contributed by atoms with van der Waals surface area (Å²) >= 11 is 9.47. The molecule has 0 radical (unpaired) electrons. The van der Waals surface area contributed by atoms with Gasteiger partial charge in [-0.15, -0.1) is 30.6 Å². The highest BCUT2D eigenvalue weighted by Gasteiger charge is 3.04. The van der Waals surface area contributed by atoms with E-state index >= 15 is 0 Å². The van der Waals surface area contributed by atoms with Gasteiger partial charge in [0, 0.05) is 9.32 Å². The van der Waals surface area contributed by atoms with Crippen LogP contribution in [0.5, 0.6) is 0 Å². The van der Waals surface area contributed by atoms with Crippen LogP contribution in [0, 0.1) is 32.5 Å². The van der Waals surface area contributed by atoms with E-state index in [0.29, 0.717) is 0 Å². The van der Waals surface area contributed by atoms with E-state index in [4.69, 9.17) is 30.6 Å². The lowest BCUT2D eigenvalue weighted by Crippen LogP contribution is -2.99. The number of hydrogen-bond donors (Lipinski definition) is 0. The maximum Gasteiger partial charge on any atom is 0.218 e. The van der Waals surface area contributed by atoms with Crippen molar-refractivity contribution in [2.45, 2.75) is 134 Å². The van der Waals surface area contributed by atoms with E-state index in [9.17, 15) is 0 Å². The van der Waals surface area contributed by atoms with Crippen LogP contribution in [0.1, 0.15) is 125 Å². The van der Waals surface area contributed by atoms with Crippen molar-refractivity contribution in [3.8, 4) is 0 Å². The van der Waals surface area contributed by atoms with Gasteiger partial charge in [0.1, 0.15) is 8.07 Å². The van der Waals surface area contributed by atoms with Crippen LogP contribution in [0.2, 0.25) is 9.32 Å². The van der Waals surface area contributed by atoms with Gasteiger partial charge in [0.05, 0.1) is 0 Å². The van der Waals surface area contributed by atoms with E-state index in [1.54, 1.807) is 0 Å². The molecule has 3 rings (SSSR count). The molecule has 0 nitrogen and oxygen atoms in total. The number of halogens is 2. The van der Waals surface area contributed by atoms with Crippen molar-refractivity contribution in [1.82, 2.24) is 0 Å². The van der Waals surface area contributed by atoms with E-state index < -0.39 is 13.4 Å². The highest BCUT2D eigenvalue weighted by atomic mass is 79.9. The summed E-state index contributed by atoms with van der Waals surface area (Å²) in [4.78, 5) is 0.